The molecule has 1 aliphatic carbocycles. The molecule has 2 heterocycles. The first-order chi connectivity index (χ1) is 13.9. The van der Waals surface area contributed by atoms with E-state index in [1.807, 2.05) is 0 Å². The van der Waals surface area contributed by atoms with E-state index in [4.69, 9.17) is 0 Å². The molecule has 2 aromatic rings. The molecule has 1 fully saturated rings. The number of rotatable bonds is 4. The van der Waals surface area contributed by atoms with E-state index < -0.39 is 15.8 Å². The van der Waals surface area contributed by atoms with Crippen LogP contribution in [0.1, 0.15) is 35.3 Å². The fraction of sp³-hybridized carbons (Fsp3) is 0.400. The Bertz CT molecular complexity index is 1080. The van der Waals surface area contributed by atoms with Crippen LogP contribution in [0.25, 0.3) is 0 Å². The highest BCUT2D eigenvalue weighted by Gasteiger charge is 2.33. The van der Waals surface area contributed by atoms with Gasteiger partial charge in [0.2, 0.25) is 15.9 Å². The van der Waals surface area contributed by atoms with Gasteiger partial charge in [0, 0.05) is 23.9 Å². The van der Waals surface area contributed by atoms with Gasteiger partial charge in [-0.25, -0.2) is 12.8 Å². The molecule has 6 nitrogen and oxygen atoms in total. The summed E-state index contributed by atoms with van der Waals surface area (Å²) in [6.45, 7) is 0.452. The molecule has 0 saturated carbocycles. The van der Waals surface area contributed by atoms with Crippen molar-refractivity contribution in [3.8, 4) is 6.07 Å². The number of hydrogen-bond acceptors (Lipinski definition) is 5. The van der Waals surface area contributed by atoms with Crippen molar-refractivity contribution in [3.05, 3.63) is 46.1 Å². The van der Waals surface area contributed by atoms with Crippen LogP contribution in [0, 0.1) is 23.1 Å². The summed E-state index contributed by atoms with van der Waals surface area (Å²) in [5, 5.41) is 13.0. The molecule has 1 amide bonds. The summed E-state index contributed by atoms with van der Waals surface area (Å²) in [7, 11) is -3.70. The quantitative estimate of drug-likeness (QED) is 0.801. The van der Waals surface area contributed by atoms with E-state index in [9.17, 15) is 22.9 Å². The molecular weight excluding hydrogens is 413 g/mol. The Hall–Kier alpha value is -2.28. The molecule has 9 heteroatoms. The second-order valence-corrected chi connectivity index (χ2v) is 10.3. The Kier molecular flexibility index (Phi) is 5.42. The molecule has 4 rings (SSSR count). The van der Waals surface area contributed by atoms with Crippen LogP contribution < -0.4 is 5.32 Å². The number of nitrogens with zero attached hydrogens (tertiary/aromatic N) is 2. The van der Waals surface area contributed by atoms with Crippen LogP contribution in [0.4, 0.5) is 9.39 Å². The minimum atomic E-state index is -3.70. The lowest BCUT2D eigenvalue weighted by Gasteiger charge is -2.30. The molecule has 0 radical (unpaired) electrons. The van der Waals surface area contributed by atoms with Gasteiger partial charge in [-0.15, -0.1) is 11.3 Å². The largest absolute Gasteiger partial charge is 0.316 e. The standard InChI is InChI=1S/C20H20FN3O3S2/c21-14-4-6-15(7-5-14)29(26,27)24-10-8-13(9-11-24)19(25)23-20-17(12-22)16-2-1-3-18(16)28-20/h4-7,13H,1-3,8-11H2,(H,23,25). The van der Waals surface area contributed by atoms with Crippen molar-refractivity contribution in [3.63, 3.8) is 0 Å². The van der Waals surface area contributed by atoms with Crippen molar-refractivity contribution in [1.29, 1.82) is 5.26 Å². The van der Waals surface area contributed by atoms with E-state index in [1.54, 1.807) is 0 Å². The minimum absolute atomic E-state index is 0.0496. The first kappa shape index (κ1) is 20.0. The number of piperidine rings is 1. The van der Waals surface area contributed by atoms with Gasteiger partial charge in [0.1, 0.15) is 16.9 Å². The predicted octanol–water partition coefficient (Wildman–Crippen LogP) is 3.29. The molecule has 1 aromatic heterocycles. The molecule has 1 aliphatic heterocycles. The Balaban J connectivity index is 1.40. The normalized spacial score (nSPS) is 17.7. The number of carbonyl (C=O) groups is 1. The molecule has 0 bridgehead atoms. The number of halogens is 1. The van der Waals surface area contributed by atoms with Crippen LogP contribution >= 0.6 is 11.3 Å². The molecule has 1 N–H and O–H groups in total. The maximum absolute atomic E-state index is 13.1. The number of amides is 1. The van der Waals surface area contributed by atoms with Crippen LogP contribution in [-0.4, -0.2) is 31.7 Å². The van der Waals surface area contributed by atoms with Gasteiger partial charge in [0.25, 0.3) is 0 Å². The van der Waals surface area contributed by atoms with Gasteiger partial charge in [0.15, 0.2) is 0 Å². The number of anilines is 1. The third kappa shape index (κ3) is 3.80. The zero-order chi connectivity index (χ0) is 20.6. The summed E-state index contributed by atoms with van der Waals surface area (Å²) in [5.41, 5.74) is 1.64. The van der Waals surface area contributed by atoms with Crippen LogP contribution in [0.2, 0.25) is 0 Å². The van der Waals surface area contributed by atoms with Crippen molar-refractivity contribution in [2.75, 3.05) is 18.4 Å². The Labute approximate surface area is 173 Å². The first-order valence-electron chi connectivity index (χ1n) is 9.51. The van der Waals surface area contributed by atoms with E-state index in [-0.39, 0.29) is 29.8 Å². The predicted molar refractivity (Wildman–Crippen MR) is 108 cm³/mol. The number of hydrogen-bond donors (Lipinski definition) is 1. The van der Waals surface area contributed by atoms with Crippen molar-refractivity contribution < 1.29 is 17.6 Å². The lowest BCUT2D eigenvalue weighted by molar-refractivity contribution is -0.120. The van der Waals surface area contributed by atoms with Crippen LogP contribution in [0.5, 0.6) is 0 Å². The Morgan fingerprint density at radius 1 is 1.21 bits per heavy atom. The summed E-state index contributed by atoms with van der Waals surface area (Å²) < 4.78 is 39.8. The van der Waals surface area contributed by atoms with Crippen molar-refractivity contribution >= 4 is 32.3 Å². The zero-order valence-corrected chi connectivity index (χ0v) is 17.3. The van der Waals surface area contributed by atoms with Crippen LogP contribution in [-0.2, 0) is 27.7 Å². The van der Waals surface area contributed by atoms with Gasteiger partial charge in [-0.2, -0.15) is 9.57 Å². The zero-order valence-electron chi connectivity index (χ0n) is 15.7. The summed E-state index contributed by atoms with van der Waals surface area (Å²) in [5.74, 6) is -0.964. The van der Waals surface area contributed by atoms with Gasteiger partial charge in [0.05, 0.1) is 10.5 Å². The highest BCUT2D eigenvalue weighted by molar-refractivity contribution is 7.89. The van der Waals surface area contributed by atoms with Gasteiger partial charge in [-0.3, -0.25) is 4.79 Å². The molecule has 29 heavy (non-hydrogen) atoms. The molecule has 1 aromatic carbocycles. The highest BCUT2D eigenvalue weighted by Crippen LogP contribution is 2.39. The number of nitriles is 1. The average molecular weight is 434 g/mol. The topological polar surface area (TPSA) is 90.3 Å². The van der Waals surface area contributed by atoms with Crippen LogP contribution in [0.15, 0.2) is 29.2 Å². The maximum Gasteiger partial charge on any atom is 0.243 e. The van der Waals surface area contributed by atoms with E-state index in [0.717, 1.165) is 37.0 Å². The summed E-state index contributed by atoms with van der Waals surface area (Å²) in [4.78, 5) is 13.9. The highest BCUT2D eigenvalue weighted by atomic mass is 32.2. The van der Waals surface area contributed by atoms with E-state index in [0.29, 0.717) is 23.4 Å². The number of carbonyl (C=O) groups excluding carboxylic acids is 1. The van der Waals surface area contributed by atoms with Crippen molar-refractivity contribution in [2.24, 2.45) is 5.92 Å². The van der Waals surface area contributed by atoms with E-state index in [2.05, 4.69) is 11.4 Å². The monoisotopic (exact) mass is 433 g/mol. The number of sulfonamides is 1. The van der Waals surface area contributed by atoms with E-state index >= 15 is 0 Å². The second kappa shape index (κ2) is 7.86. The average Bonchev–Trinajstić information content (AvgIpc) is 3.29. The smallest absolute Gasteiger partial charge is 0.243 e. The SMILES string of the molecule is N#Cc1c(NC(=O)C2CCN(S(=O)(=O)c3ccc(F)cc3)CC2)sc2c1CCC2. The molecule has 2 aliphatic rings. The van der Waals surface area contributed by atoms with Crippen LogP contribution in [0.3, 0.4) is 0 Å². The minimum Gasteiger partial charge on any atom is -0.316 e. The Morgan fingerprint density at radius 3 is 2.55 bits per heavy atom. The third-order valence-electron chi connectivity index (χ3n) is 5.55. The summed E-state index contributed by atoms with van der Waals surface area (Å²) in [6.07, 6.45) is 3.68. The van der Waals surface area contributed by atoms with Gasteiger partial charge in [-0.05, 0) is 61.9 Å². The van der Waals surface area contributed by atoms with Gasteiger partial charge in [-0.1, -0.05) is 0 Å². The third-order valence-corrected chi connectivity index (χ3v) is 8.67. The number of nitrogens with one attached hydrogen (secondary N) is 1. The van der Waals surface area contributed by atoms with Crippen molar-refractivity contribution in [1.82, 2.24) is 4.31 Å². The molecule has 0 unspecified atom stereocenters. The fourth-order valence-corrected chi connectivity index (χ4v) is 6.65. The second-order valence-electron chi connectivity index (χ2n) is 7.29. The molecule has 0 atom stereocenters. The van der Waals surface area contributed by atoms with Gasteiger partial charge >= 0.3 is 0 Å². The first-order valence-corrected chi connectivity index (χ1v) is 11.8. The lowest BCUT2D eigenvalue weighted by Crippen LogP contribution is -2.41. The number of aryl methyl sites for hydroxylation is 1. The van der Waals surface area contributed by atoms with Gasteiger partial charge < -0.3 is 5.32 Å². The Morgan fingerprint density at radius 2 is 1.90 bits per heavy atom. The number of fused-ring (bicyclic) bond motifs is 1. The summed E-state index contributed by atoms with van der Waals surface area (Å²) >= 11 is 1.48. The van der Waals surface area contributed by atoms with E-state index in [1.165, 1.54) is 32.7 Å². The number of thiophene rings is 1. The molecule has 1 saturated heterocycles. The van der Waals surface area contributed by atoms with Crippen molar-refractivity contribution in [2.45, 2.75) is 37.0 Å². The lowest BCUT2D eigenvalue weighted by atomic mass is 9.97. The molecule has 152 valence electrons. The fourth-order valence-electron chi connectivity index (χ4n) is 3.94. The molecule has 0 spiro atoms. The summed E-state index contributed by atoms with van der Waals surface area (Å²) in [6, 6.07) is 6.97. The maximum atomic E-state index is 13.1. The number of benzene rings is 1. The molecular formula is C20H20FN3O3S2.